The minimum Gasteiger partial charge on any atom is -0.478 e. The summed E-state index contributed by atoms with van der Waals surface area (Å²) >= 11 is 0. The largest absolute Gasteiger partial charge is 0.478 e. The summed E-state index contributed by atoms with van der Waals surface area (Å²) < 4.78 is 33.7. The van der Waals surface area contributed by atoms with E-state index >= 15 is 0 Å². The van der Waals surface area contributed by atoms with Crippen LogP contribution in [0.4, 0.5) is 0 Å². The van der Waals surface area contributed by atoms with Gasteiger partial charge in [0.1, 0.15) is 12.4 Å². The molecule has 0 radical (unpaired) electrons. The molecule has 0 unspecified atom stereocenters. The highest BCUT2D eigenvalue weighted by molar-refractivity contribution is 7.90. The molecule has 1 saturated heterocycles. The average molecular weight is 482 g/mol. The number of nitrogens with zero attached hydrogens (tertiary/aromatic N) is 4. The standard InChI is InChI=1S/C22H35N5O5S/c1-17(25-21(26-28)16-31-2)27-11-7-19(8-12-27)14-18(6-10-23)9-13-32-22-5-4-20(15-24-22)33(3,29)30/h4-5,10,15,18-19,23,28H,6-9,11-14,16H2,1-3H3/b23-10?,25-17?,26-21-/t18-/m0/s1. The summed E-state index contributed by atoms with van der Waals surface area (Å²) in [5.41, 5.74) is 0. The molecule has 0 spiro atoms. The summed E-state index contributed by atoms with van der Waals surface area (Å²) in [6.07, 6.45) is 8.52. The number of methoxy groups -OCH3 is 1. The van der Waals surface area contributed by atoms with Crippen molar-refractivity contribution in [1.29, 1.82) is 5.41 Å². The first-order valence-electron chi connectivity index (χ1n) is 11.0. The van der Waals surface area contributed by atoms with E-state index in [0.29, 0.717) is 30.7 Å². The SMILES string of the molecule is COC/C(N=C(C)N1CCC(C[C@@H](CC=N)CCOc2ccc(S(C)(=O)=O)cn2)CC1)=N/O. The highest BCUT2D eigenvalue weighted by Gasteiger charge is 2.23. The molecule has 0 saturated carbocycles. The van der Waals surface area contributed by atoms with Gasteiger partial charge in [-0.15, -0.1) is 0 Å². The second-order valence-electron chi connectivity index (χ2n) is 8.32. The molecule has 0 amide bonds. The van der Waals surface area contributed by atoms with Crippen molar-refractivity contribution in [1.82, 2.24) is 9.88 Å². The Morgan fingerprint density at radius 2 is 2.12 bits per heavy atom. The number of likely N-dealkylation sites (tertiary alicyclic amines) is 1. The monoisotopic (exact) mass is 481 g/mol. The second kappa shape index (κ2) is 13.2. The number of pyridine rings is 1. The molecule has 1 aliphatic heterocycles. The van der Waals surface area contributed by atoms with Gasteiger partial charge in [0.15, 0.2) is 15.7 Å². The minimum absolute atomic E-state index is 0.162. The first-order chi connectivity index (χ1) is 15.8. The van der Waals surface area contributed by atoms with E-state index in [9.17, 15) is 8.42 Å². The molecule has 0 aromatic carbocycles. The molecule has 2 heterocycles. The van der Waals surface area contributed by atoms with Gasteiger partial charge < -0.3 is 25.0 Å². The highest BCUT2D eigenvalue weighted by Crippen LogP contribution is 2.27. The fraction of sp³-hybridized carbons (Fsp3) is 0.636. The van der Waals surface area contributed by atoms with E-state index in [0.717, 1.165) is 50.9 Å². The van der Waals surface area contributed by atoms with Crippen molar-refractivity contribution in [2.75, 3.05) is 39.7 Å². The maximum atomic E-state index is 11.5. The fourth-order valence-corrected chi connectivity index (χ4v) is 4.49. The van der Waals surface area contributed by atoms with Crippen molar-refractivity contribution in [3.63, 3.8) is 0 Å². The molecule has 2 N–H and O–H groups in total. The van der Waals surface area contributed by atoms with Crippen molar-refractivity contribution in [3.8, 4) is 5.88 Å². The summed E-state index contributed by atoms with van der Waals surface area (Å²) in [5, 5.41) is 19.7. The lowest BCUT2D eigenvalue weighted by atomic mass is 9.84. The lowest BCUT2D eigenvalue weighted by Gasteiger charge is -2.34. The van der Waals surface area contributed by atoms with Gasteiger partial charge in [0.2, 0.25) is 5.88 Å². The zero-order chi connectivity index (χ0) is 24.3. The molecule has 1 fully saturated rings. The van der Waals surface area contributed by atoms with Gasteiger partial charge >= 0.3 is 0 Å². The first kappa shape index (κ1) is 26.7. The van der Waals surface area contributed by atoms with Gasteiger partial charge in [-0.2, -0.15) is 0 Å². The number of oxime groups is 1. The Hall–Kier alpha value is -2.53. The molecule has 33 heavy (non-hydrogen) atoms. The summed E-state index contributed by atoms with van der Waals surface area (Å²) in [6, 6.07) is 3.07. The third-order valence-corrected chi connectivity index (χ3v) is 6.88. The number of piperidine rings is 1. The predicted octanol–water partition coefficient (Wildman–Crippen LogP) is 2.86. The number of aliphatic imine (C=N–C) groups is 1. The topological polar surface area (TPSA) is 138 Å². The van der Waals surface area contributed by atoms with Crippen LogP contribution in [-0.4, -0.2) is 81.1 Å². The maximum Gasteiger partial charge on any atom is 0.213 e. The molecule has 0 bridgehead atoms. The van der Waals surface area contributed by atoms with Crippen LogP contribution in [0, 0.1) is 17.2 Å². The molecule has 11 heteroatoms. The highest BCUT2D eigenvalue weighted by atomic mass is 32.2. The lowest BCUT2D eigenvalue weighted by molar-refractivity contribution is 0.208. The van der Waals surface area contributed by atoms with Crippen molar-refractivity contribution in [3.05, 3.63) is 18.3 Å². The quantitative estimate of drug-likeness (QED) is 0.214. The molecule has 184 valence electrons. The Balaban J connectivity index is 1.81. The Kier molecular flexibility index (Phi) is 10.7. The summed E-state index contributed by atoms with van der Waals surface area (Å²) in [6.45, 7) is 4.31. The van der Waals surface area contributed by atoms with Gasteiger partial charge in [-0.3, -0.25) is 0 Å². The number of hydrogen-bond acceptors (Lipinski definition) is 8. The van der Waals surface area contributed by atoms with Gasteiger partial charge in [0, 0.05) is 38.7 Å². The van der Waals surface area contributed by atoms with E-state index < -0.39 is 9.84 Å². The Morgan fingerprint density at radius 3 is 2.67 bits per heavy atom. The summed E-state index contributed by atoms with van der Waals surface area (Å²) in [7, 11) is -1.74. The summed E-state index contributed by atoms with van der Waals surface area (Å²) in [5.74, 6) is 2.38. The Morgan fingerprint density at radius 1 is 1.39 bits per heavy atom. The van der Waals surface area contributed by atoms with Crippen LogP contribution < -0.4 is 4.74 Å². The molecule has 0 aliphatic carbocycles. The first-order valence-corrected chi connectivity index (χ1v) is 12.9. The zero-order valence-corrected chi connectivity index (χ0v) is 20.4. The van der Waals surface area contributed by atoms with E-state index in [-0.39, 0.29) is 17.3 Å². The van der Waals surface area contributed by atoms with E-state index in [2.05, 4.69) is 20.0 Å². The molecule has 2 rings (SSSR count). The van der Waals surface area contributed by atoms with Crippen molar-refractivity contribution >= 4 is 27.7 Å². The smallest absolute Gasteiger partial charge is 0.213 e. The molecule has 1 aromatic rings. The van der Waals surface area contributed by atoms with Gasteiger partial charge in [-0.25, -0.2) is 18.4 Å². The van der Waals surface area contributed by atoms with Gasteiger partial charge in [0.05, 0.1) is 11.5 Å². The number of hydrogen-bond donors (Lipinski definition) is 2. The molecular weight excluding hydrogens is 446 g/mol. The van der Waals surface area contributed by atoms with Gasteiger partial charge in [-0.1, -0.05) is 5.16 Å². The van der Waals surface area contributed by atoms with Crippen LogP contribution in [0.15, 0.2) is 33.4 Å². The van der Waals surface area contributed by atoms with Crippen LogP contribution in [0.1, 0.15) is 39.0 Å². The number of aromatic nitrogens is 1. The molecule has 1 atom stereocenters. The van der Waals surface area contributed by atoms with Crippen LogP contribution in [0.5, 0.6) is 5.88 Å². The number of nitrogens with one attached hydrogen (secondary N) is 1. The third kappa shape index (κ3) is 9.09. The number of amidine groups is 2. The van der Waals surface area contributed by atoms with E-state index in [1.165, 1.54) is 25.6 Å². The van der Waals surface area contributed by atoms with Crippen LogP contribution in [0.3, 0.4) is 0 Å². The lowest BCUT2D eigenvalue weighted by Crippen LogP contribution is -2.38. The van der Waals surface area contributed by atoms with Crippen LogP contribution in [-0.2, 0) is 14.6 Å². The second-order valence-corrected chi connectivity index (χ2v) is 10.3. The maximum absolute atomic E-state index is 11.5. The molecule has 1 aromatic heterocycles. The van der Waals surface area contributed by atoms with Crippen LogP contribution in [0.25, 0.3) is 0 Å². The zero-order valence-electron chi connectivity index (χ0n) is 19.6. The molecule has 1 aliphatic rings. The van der Waals surface area contributed by atoms with Gasteiger partial charge in [-0.05, 0) is 63.1 Å². The van der Waals surface area contributed by atoms with Gasteiger partial charge in [0.25, 0.3) is 0 Å². The number of sulfone groups is 1. The Labute approximate surface area is 196 Å². The minimum atomic E-state index is -3.27. The van der Waals surface area contributed by atoms with Crippen molar-refractivity contribution < 1.29 is 23.1 Å². The van der Waals surface area contributed by atoms with Crippen molar-refractivity contribution in [2.45, 2.75) is 43.9 Å². The molecule has 10 nitrogen and oxygen atoms in total. The molecular formula is C22H35N5O5S. The van der Waals surface area contributed by atoms with Crippen molar-refractivity contribution in [2.24, 2.45) is 22.0 Å². The Bertz CT molecular complexity index is 910. The normalized spacial score (nSPS) is 17.1. The number of rotatable bonds is 11. The van der Waals surface area contributed by atoms with E-state index in [1.807, 2.05) is 6.92 Å². The van der Waals surface area contributed by atoms with E-state index in [4.69, 9.17) is 20.1 Å². The fourth-order valence-electron chi connectivity index (χ4n) is 3.93. The predicted molar refractivity (Wildman–Crippen MR) is 127 cm³/mol. The average Bonchev–Trinajstić information content (AvgIpc) is 2.79. The number of ether oxygens (including phenoxy) is 2. The third-order valence-electron chi connectivity index (χ3n) is 5.78. The summed E-state index contributed by atoms with van der Waals surface area (Å²) in [4.78, 5) is 10.8. The van der Waals surface area contributed by atoms with Crippen LogP contribution >= 0.6 is 0 Å². The van der Waals surface area contributed by atoms with Crippen LogP contribution in [0.2, 0.25) is 0 Å². The van der Waals surface area contributed by atoms with E-state index in [1.54, 1.807) is 6.07 Å².